The minimum atomic E-state index is -0.487. The summed E-state index contributed by atoms with van der Waals surface area (Å²) in [5.74, 6) is 0.354. The molecule has 0 spiro atoms. The van der Waals surface area contributed by atoms with Crippen molar-refractivity contribution in [2.24, 2.45) is 11.1 Å². The monoisotopic (exact) mass is 310 g/mol. The Labute approximate surface area is 136 Å². The van der Waals surface area contributed by atoms with Crippen LogP contribution in [0.15, 0.2) is 47.6 Å². The van der Waals surface area contributed by atoms with Gasteiger partial charge in [-0.15, -0.1) is 0 Å². The molecule has 1 atom stereocenters. The van der Waals surface area contributed by atoms with Gasteiger partial charge in [-0.25, -0.2) is 0 Å². The van der Waals surface area contributed by atoms with Gasteiger partial charge >= 0.3 is 0 Å². The van der Waals surface area contributed by atoms with E-state index in [4.69, 9.17) is 4.84 Å². The summed E-state index contributed by atoms with van der Waals surface area (Å²) in [5.41, 5.74) is 2.14. The number of carbonyl (C=O) groups excluding carboxylic acids is 1. The summed E-state index contributed by atoms with van der Waals surface area (Å²) in [6.45, 7) is 4.80. The summed E-state index contributed by atoms with van der Waals surface area (Å²) in [6, 6.07) is 14.6. The van der Waals surface area contributed by atoms with Gasteiger partial charge in [0.05, 0.1) is 5.71 Å². The Bertz CT molecular complexity index is 732. The molecular formula is C19H22N2O2. The lowest BCUT2D eigenvalue weighted by molar-refractivity contribution is -0.131. The van der Waals surface area contributed by atoms with Crippen molar-refractivity contribution in [2.75, 3.05) is 6.54 Å². The van der Waals surface area contributed by atoms with Crippen LogP contribution in [0.5, 0.6) is 0 Å². The maximum atomic E-state index is 12.1. The Morgan fingerprint density at radius 3 is 2.87 bits per heavy atom. The third-order valence-corrected chi connectivity index (χ3v) is 3.98. The number of benzene rings is 2. The molecule has 2 aromatic carbocycles. The number of fused-ring (bicyclic) bond motifs is 1. The lowest BCUT2D eigenvalue weighted by Crippen LogP contribution is -2.36. The summed E-state index contributed by atoms with van der Waals surface area (Å²) in [4.78, 5) is 17.4. The molecule has 0 saturated carbocycles. The molecule has 2 aromatic rings. The van der Waals surface area contributed by atoms with Crippen molar-refractivity contribution in [3.05, 3.63) is 48.0 Å². The molecule has 1 unspecified atom stereocenters. The highest BCUT2D eigenvalue weighted by Gasteiger charge is 2.28. The Hall–Kier alpha value is -2.36. The van der Waals surface area contributed by atoms with Crippen LogP contribution in [0, 0.1) is 5.92 Å². The average molecular weight is 310 g/mol. The molecule has 0 aromatic heterocycles. The third kappa shape index (κ3) is 3.70. The van der Waals surface area contributed by atoms with E-state index < -0.39 is 6.10 Å². The van der Waals surface area contributed by atoms with Crippen molar-refractivity contribution < 1.29 is 9.63 Å². The van der Waals surface area contributed by atoms with Crippen molar-refractivity contribution in [3.8, 4) is 0 Å². The Morgan fingerprint density at radius 1 is 1.26 bits per heavy atom. The zero-order chi connectivity index (χ0) is 16.2. The third-order valence-electron chi connectivity index (χ3n) is 3.98. The number of carbonyl (C=O) groups is 1. The molecule has 23 heavy (non-hydrogen) atoms. The number of oxime groups is 1. The summed E-state index contributed by atoms with van der Waals surface area (Å²) >= 11 is 0. The largest absolute Gasteiger partial charge is 0.382 e. The molecule has 1 aliphatic heterocycles. The predicted molar refractivity (Wildman–Crippen MR) is 92.4 cm³/mol. The Balaban J connectivity index is 1.64. The molecule has 0 aliphatic carbocycles. The smallest absolute Gasteiger partial charge is 0.264 e. The average Bonchev–Trinajstić information content (AvgIpc) is 3.01. The van der Waals surface area contributed by atoms with Crippen molar-refractivity contribution in [1.82, 2.24) is 5.32 Å². The minimum absolute atomic E-state index is 0.0737. The molecule has 4 nitrogen and oxygen atoms in total. The van der Waals surface area contributed by atoms with Crippen LogP contribution in [0.1, 0.15) is 25.8 Å². The minimum Gasteiger partial charge on any atom is -0.382 e. The van der Waals surface area contributed by atoms with Gasteiger partial charge in [-0.2, -0.15) is 0 Å². The quantitative estimate of drug-likeness (QED) is 0.921. The highest BCUT2D eigenvalue weighted by Crippen LogP contribution is 2.22. The van der Waals surface area contributed by atoms with Gasteiger partial charge in [-0.05, 0) is 22.3 Å². The van der Waals surface area contributed by atoms with Crippen LogP contribution >= 0.6 is 0 Å². The van der Waals surface area contributed by atoms with Gasteiger partial charge in [-0.3, -0.25) is 4.79 Å². The highest BCUT2D eigenvalue weighted by molar-refractivity contribution is 5.96. The van der Waals surface area contributed by atoms with Crippen LogP contribution in [0.3, 0.4) is 0 Å². The van der Waals surface area contributed by atoms with E-state index in [1.54, 1.807) is 0 Å². The Morgan fingerprint density at radius 2 is 2.04 bits per heavy atom. The SMILES string of the molecule is CC(C)CNC(=O)C1CC(Cc2cccc3ccccc23)=NO1. The van der Waals surface area contributed by atoms with Crippen molar-refractivity contribution >= 4 is 22.4 Å². The van der Waals surface area contributed by atoms with E-state index in [0.717, 1.165) is 12.1 Å². The van der Waals surface area contributed by atoms with Gasteiger partial charge < -0.3 is 10.2 Å². The lowest BCUT2D eigenvalue weighted by Gasteiger charge is -2.11. The fourth-order valence-corrected chi connectivity index (χ4v) is 2.76. The van der Waals surface area contributed by atoms with Gasteiger partial charge in [0.15, 0.2) is 0 Å². The summed E-state index contributed by atoms with van der Waals surface area (Å²) in [7, 11) is 0. The lowest BCUT2D eigenvalue weighted by atomic mass is 9.98. The van der Waals surface area contributed by atoms with Crippen LogP contribution in [-0.2, 0) is 16.1 Å². The van der Waals surface area contributed by atoms with E-state index in [0.29, 0.717) is 18.9 Å². The van der Waals surface area contributed by atoms with Gasteiger partial charge in [0, 0.05) is 19.4 Å². The van der Waals surface area contributed by atoms with Gasteiger partial charge in [0.25, 0.3) is 5.91 Å². The molecular weight excluding hydrogens is 288 g/mol. The second kappa shape index (κ2) is 6.82. The van der Waals surface area contributed by atoms with Crippen LogP contribution in [-0.4, -0.2) is 24.3 Å². The molecule has 0 bridgehead atoms. The zero-order valence-electron chi connectivity index (χ0n) is 13.6. The van der Waals surface area contributed by atoms with Crippen molar-refractivity contribution in [2.45, 2.75) is 32.8 Å². The standard InChI is InChI=1S/C19H22N2O2/c1-13(2)12-20-19(22)18-11-16(21-23-18)10-15-8-5-7-14-6-3-4-9-17(14)15/h3-9,13,18H,10-12H2,1-2H3,(H,20,22). The van der Waals surface area contributed by atoms with Gasteiger partial charge in [0.1, 0.15) is 0 Å². The number of nitrogens with zero attached hydrogens (tertiary/aromatic N) is 1. The van der Waals surface area contributed by atoms with E-state index in [2.05, 4.69) is 54.7 Å². The molecule has 4 heteroatoms. The first-order chi connectivity index (χ1) is 11.1. The summed E-state index contributed by atoms with van der Waals surface area (Å²) < 4.78 is 0. The molecule has 3 rings (SSSR count). The number of amides is 1. The summed E-state index contributed by atoms with van der Waals surface area (Å²) in [6.07, 6.45) is 0.793. The molecule has 0 saturated heterocycles. The van der Waals surface area contributed by atoms with Crippen LogP contribution in [0.4, 0.5) is 0 Å². The molecule has 0 radical (unpaired) electrons. The molecule has 1 heterocycles. The maximum absolute atomic E-state index is 12.1. The zero-order valence-corrected chi connectivity index (χ0v) is 13.6. The number of hydrogen-bond acceptors (Lipinski definition) is 3. The fraction of sp³-hybridized carbons (Fsp3) is 0.368. The molecule has 1 aliphatic rings. The first kappa shape index (κ1) is 15.5. The maximum Gasteiger partial charge on any atom is 0.264 e. The normalized spacial score (nSPS) is 17.2. The Kier molecular flexibility index (Phi) is 4.60. The molecule has 1 N–H and O–H groups in total. The van der Waals surface area contributed by atoms with Crippen LogP contribution in [0.2, 0.25) is 0 Å². The molecule has 0 fully saturated rings. The predicted octanol–water partition coefficient (Wildman–Crippen LogP) is 3.30. The number of nitrogens with one attached hydrogen (secondary N) is 1. The van der Waals surface area contributed by atoms with Crippen molar-refractivity contribution in [3.63, 3.8) is 0 Å². The van der Waals surface area contributed by atoms with Crippen molar-refractivity contribution in [1.29, 1.82) is 0 Å². The number of hydrogen-bond donors (Lipinski definition) is 1. The van der Waals surface area contributed by atoms with Gasteiger partial charge in [-0.1, -0.05) is 61.5 Å². The number of rotatable bonds is 5. The van der Waals surface area contributed by atoms with E-state index in [9.17, 15) is 4.79 Å². The first-order valence-corrected chi connectivity index (χ1v) is 8.09. The second-order valence-electron chi connectivity index (χ2n) is 6.41. The molecule has 1 amide bonds. The van der Waals surface area contributed by atoms with E-state index >= 15 is 0 Å². The highest BCUT2D eigenvalue weighted by atomic mass is 16.6. The van der Waals surface area contributed by atoms with Gasteiger partial charge in [0.2, 0.25) is 6.10 Å². The molecule has 120 valence electrons. The van der Waals surface area contributed by atoms with Crippen LogP contribution < -0.4 is 5.32 Å². The fourth-order valence-electron chi connectivity index (χ4n) is 2.76. The van der Waals surface area contributed by atoms with E-state index in [1.165, 1.54) is 16.3 Å². The van der Waals surface area contributed by atoms with E-state index in [1.807, 2.05) is 12.1 Å². The topological polar surface area (TPSA) is 50.7 Å². The second-order valence-corrected chi connectivity index (χ2v) is 6.41. The van der Waals surface area contributed by atoms with E-state index in [-0.39, 0.29) is 5.91 Å². The first-order valence-electron chi connectivity index (χ1n) is 8.09. The van der Waals surface area contributed by atoms with Crippen LogP contribution in [0.25, 0.3) is 10.8 Å². The summed E-state index contributed by atoms with van der Waals surface area (Å²) in [5, 5.41) is 9.47.